The first-order valence-corrected chi connectivity index (χ1v) is 7.60. The lowest BCUT2D eigenvalue weighted by Gasteiger charge is -2.01. The van der Waals surface area contributed by atoms with Crippen molar-refractivity contribution in [1.29, 1.82) is 0 Å². The Kier molecular flexibility index (Phi) is 4.38. The summed E-state index contributed by atoms with van der Waals surface area (Å²) in [7, 11) is -1.27. The van der Waals surface area contributed by atoms with Gasteiger partial charge in [0.05, 0.1) is 26.6 Å². The van der Waals surface area contributed by atoms with Gasteiger partial charge in [0, 0.05) is 0 Å². The van der Waals surface area contributed by atoms with Crippen molar-refractivity contribution in [1.82, 2.24) is 9.36 Å². The van der Waals surface area contributed by atoms with Crippen LogP contribution in [0.15, 0.2) is 22.5 Å². The first kappa shape index (κ1) is 13.2. The minimum atomic E-state index is -1.27. The highest BCUT2D eigenvalue weighted by atomic mass is 35.5. The van der Waals surface area contributed by atoms with E-state index in [0.29, 0.717) is 20.1 Å². The number of hydrogen-bond donors (Lipinski definition) is 0. The van der Waals surface area contributed by atoms with Crippen LogP contribution in [0.4, 0.5) is 0 Å². The SMILES string of the molecule is O=S(Cc1ccc(Cl)c(Cl)c1)c1nc(Cl)ns1. The molecule has 1 heterocycles. The van der Waals surface area contributed by atoms with E-state index in [1.807, 2.05) is 0 Å². The molecule has 8 heteroatoms. The van der Waals surface area contributed by atoms with E-state index in [4.69, 9.17) is 34.8 Å². The van der Waals surface area contributed by atoms with E-state index in [1.165, 1.54) is 0 Å². The van der Waals surface area contributed by atoms with Crippen molar-refractivity contribution >= 4 is 57.1 Å². The maximum Gasteiger partial charge on any atom is 0.235 e. The highest BCUT2D eigenvalue weighted by Gasteiger charge is 2.11. The lowest BCUT2D eigenvalue weighted by molar-refractivity contribution is 0.682. The molecule has 3 nitrogen and oxygen atoms in total. The minimum Gasteiger partial charge on any atom is -0.251 e. The van der Waals surface area contributed by atoms with Gasteiger partial charge in [-0.15, -0.1) is 0 Å². The number of aromatic nitrogens is 2. The highest BCUT2D eigenvalue weighted by Crippen LogP contribution is 2.24. The van der Waals surface area contributed by atoms with Gasteiger partial charge in [0.1, 0.15) is 0 Å². The van der Waals surface area contributed by atoms with Crippen molar-refractivity contribution in [3.63, 3.8) is 0 Å². The monoisotopic (exact) mass is 326 g/mol. The second-order valence-electron chi connectivity index (χ2n) is 3.07. The summed E-state index contributed by atoms with van der Waals surface area (Å²) in [6.07, 6.45) is 0. The largest absolute Gasteiger partial charge is 0.251 e. The van der Waals surface area contributed by atoms with E-state index in [9.17, 15) is 4.21 Å². The third-order valence-electron chi connectivity index (χ3n) is 1.86. The van der Waals surface area contributed by atoms with Gasteiger partial charge in [-0.3, -0.25) is 4.21 Å². The molecule has 0 amide bonds. The Morgan fingerprint density at radius 1 is 1.24 bits per heavy atom. The number of nitrogens with zero attached hydrogens (tertiary/aromatic N) is 2. The number of benzene rings is 1. The van der Waals surface area contributed by atoms with Crippen LogP contribution in [0.25, 0.3) is 0 Å². The summed E-state index contributed by atoms with van der Waals surface area (Å²) in [6, 6.07) is 5.13. The summed E-state index contributed by atoms with van der Waals surface area (Å²) in [5, 5.41) is 1.03. The zero-order valence-corrected chi connectivity index (χ0v) is 12.1. The van der Waals surface area contributed by atoms with Crippen LogP contribution >= 0.6 is 46.3 Å². The number of halogens is 3. The standard InChI is InChI=1S/C9H5Cl3N2OS2/c10-6-2-1-5(3-7(6)11)4-17(15)9-13-8(12)14-16-9/h1-3H,4H2. The van der Waals surface area contributed by atoms with Crippen LogP contribution in [-0.4, -0.2) is 13.6 Å². The van der Waals surface area contributed by atoms with Gasteiger partial charge in [-0.2, -0.15) is 9.36 Å². The fourth-order valence-corrected chi connectivity index (χ4v) is 3.47. The van der Waals surface area contributed by atoms with Crippen LogP contribution in [0, 0.1) is 0 Å². The zero-order chi connectivity index (χ0) is 12.4. The average Bonchev–Trinajstić information content (AvgIpc) is 2.70. The third kappa shape index (κ3) is 3.39. The molecule has 1 unspecified atom stereocenters. The topological polar surface area (TPSA) is 42.9 Å². The molecule has 0 aliphatic carbocycles. The molecule has 0 N–H and O–H groups in total. The second kappa shape index (κ2) is 5.63. The van der Waals surface area contributed by atoms with Gasteiger partial charge in [-0.25, -0.2) is 0 Å². The molecule has 1 atom stereocenters. The smallest absolute Gasteiger partial charge is 0.235 e. The van der Waals surface area contributed by atoms with E-state index in [2.05, 4.69) is 9.36 Å². The summed E-state index contributed by atoms with van der Waals surface area (Å²) >= 11 is 18.3. The molecule has 0 aliphatic rings. The van der Waals surface area contributed by atoms with E-state index in [1.54, 1.807) is 18.2 Å². The Morgan fingerprint density at radius 3 is 2.59 bits per heavy atom. The molecule has 1 aromatic carbocycles. The van der Waals surface area contributed by atoms with Crippen molar-refractivity contribution in [2.45, 2.75) is 10.1 Å². The van der Waals surface area contributed by atoms with Gasteiger partial charge in [-0.05, 0) is 40.8 Å². The summed E-state index contributed by atoms with van der Waals surface area (Å²) in [6.45, 7) is 0. The van der Waals surface area contributed by atoms with Gasteiger partial charge in [0.25, 0.3) is 0 Å². The maximum atomic E-state index is 11.9. The quantitative estimate of drug-likeness (QED) is 0.861. The Bertz CT molecular complexity index is 573. The molecule has 0 bridgehead atoms. The predicted octanol–water partition coefficient (Wildman–Crippen LogP) is 3.81. The predicted molar refractivity (Wildman–Crippen MR) is 71.5 cm³/mol. The molecule has 90 valence electrons. The molecule has 0 spiro atoms. The van der Waals surface area contributed by atoms with Gasteiger partial charge in [-0.1, -0.05) is 29.3 Å². The van der Waals surface area contributed by atoms with Crippen LogP contribution in [0.2, 0.25) is 15.3 Å². The first-order chi connectivity index (χ1) is 8.06. The molecule has 0 aliphatic heterocycles. The van der Waals surface area contributed by atoms with Crippen LogP contribution in [0.3, 0.4) is 0 Å². The molecular formula is C9H5Cl3N2OS2. The summed E-state index contributed by atoms with van der Waals surface area (Å²) in [5.41, 5.74) is 0.823. The molecule has 1 aromatic heterocycles. The highest BCUT2D eigenvalue weighted by molar-refractivity contribution is 7.86. The van der Waals surface area contributed by atoms with Crippen LogP contribution in [0.5, 0.6) is 0 Å². The normalized spacial score (nSPS) is 12.6. The second-order valence-corrected chi connectivity index (χ2v) is 6.60. The summed E-state index contributed by atoms with van der Waals surface area (Å²) in [5.74, 6) is 0.308. The lowest BCUT2D eigenvalue weighted by Crippen LogP contribution is -1.95. The van der Waals surface area contributed by atoms with Gasteiger partial charge in [0.2, 0.25) is 9.62 Å². The van der Waals surface area contributed by atoms with Gasteiger partial charge < -0.3 is 0 Å². The van der Waals surface area contributed by atoms with Crippen LogP contribution < -0.4 is 0 Å². The van der Waals surface area contributed by atoms with E-state index in [0.717, 1.165) is 17.1 Å². The fraction of sp³-hybridized carbons (Fsp3) is 0.111. The zero-order valence-electron chi connectivity index (χ0n) is 8.19. The summed E-state index contributed by atoms with van der Waals surface area (Å²) < 4.78 is 16.1. The molecule has 0 saturated carbocycles. The average molecular weight is 328 g/mol. The Balaban J connectivity index is 2.15. The van der Waals surface area contributed by atoms with Gasteiger partial charge >= 0.3 is 0 Å². The van der Waals surface area contributed by atoms with Crippen molar-refractivity contribution in [2.75, 3.05) is 0 Å². The molecule has 17 heavy (non-hydrogen) atoms. The Labute approximate surface area is 119 Å². The van der Waals surface area contributed by atoms with Crippen molar-refractivity contribution in [3.8, 4) is 0 Å². The maximum absolute atomic E-state index is 11.9. The summed E-state index contributed by atoms with van der Waals surface area (Å²) in [4.78, 5) is 3.86. The fourth-order valence-electron chi connectivity index (χ4n) is 1.13. The van der Waals surface area contributed by atoms with E-state index >= 15 is 0 Å². The Morgan fingerprint density at radius 2 is 2.00 bits per heavy atom. The molecular weight excluding hydrogens is 323 g/mol. The number of rotatable bonds is 3. The third-order valence-corrected chi connectivity index (χ3v) is 5.24. The van der Waals surface area contributed by atoms with Crippen LogP contribution in [-0.2, 0) is 16.6 Å². The van der Waals surface area contributed by atoms with Crippen molar-refractivity contribution in [3.05, 3.63) is 39.1 Å². The lowest BCUT2D eigenvalue weighted by atomic mass is 10.2. The minimum absolute atomic E-state index is 0.118. The van der Waals surface area contributed by atoms with Crippen molar-refractivity contribution < 1.29 is 4.21 Å². The number of hydrogen-bond acceptors (Lipinski definition) is 4. The first-order valence-electron chi connectivity index (χ1n) is 4.38. The molecule has 0 fully saturated rings. The van der Waals surface area contributed by atoms with Crippen molar-refractivity contribution in [2.24, 2.45) is 0 Å². The molecule has 2 aromatic rings. The molecule has 0 saturated heterocycles. The molecule has 0 radical (unpaired) electrons. The Hall–Kier alpha value is -0.200. The van der Waals surface area contributed by atoms with E-state index in [-0.39, 0.29) is 5.28 Å². The molecule has 2 rings (SSSR count). The van der Waals surface area contributed by atoms with E-state index < -0.39 is 10.8 Å². The van der Waals surface area contributed by atoms with Gasteiger partial charge in [0.15, 0.2) is 0 Å². The van der Waals surface area contributed by atoms with Crippen LogP contribution in [0.1, 0.15) is 5.56 Å².